The summed E-state index contributed by atoms with van der Waals surface area (Å²) >= 11 is 0. The smallest absolute Gasteiger partial charge is 0.350 e. The summed E-state index contributed by atoms with van der Waals surface area (Å²) < 4.78 is 1.19. The minimum Gasteiger partial charge on any atom is -0.396 e. The molecule has 0 saturated heterocycles. The summed E-state index contributed by atoms with van der Waals surface area (Å²) in [5.41, 5.74) is 4.78. The van der Waals surface area contributed by atoms with Gasteiger partial charge in [-0.1, -0.05) is 12.2 Å². The Balaban J connectivity index is 2.37. The minimum absolute atomic E-state index is 0.0966. The Bertz CT molecular complexity index is 513. The fraction of sp³-hybridized carbons (Fsp3) is 0.455. The lowest BCUT2D eigenvalue weighted by molar-refractivity contribution is -0.0427. The van der Waals surface area contributed by atoms with Gasteiger partial charge in [0.1, 0.15) is 11.9 Å². The highest BCUT2D eigenvalue weighted by molar-refractivity contribution is 5.24. The number of hydrogen-bond acceptors (Lipinski definition) is 6. The van der Waals surface area contributed by atoms with Gasteiger partial charge in [-0.25, -0.2) is 4.79 Å². The summed E-state index contributed by atoms with van der Waals surface area (Å²) in [5, 5.41) is 28.8. The van der Waals surface area contributed by atoms with Crippen molar-refractivity contribution in [3.63, 3.8) is 0 Å². The van der Waals surface area contributed by atoms with Crippen LogP contribution in [-0.2, 0) is 0 Å². The molecule has 0 spiro atoms. The summed E-state index contributed by atoms with van der Waals surface area (Å²) in [6, 6.07) is 0.718. The first-order chi connectivity index (χ1) is 8.54. The summed E-state index contributed by atoms with van der Waals surface area (Å²) in [4.78, 5) is 15.2. The van der Waals surface area contributed by atoms with Gasteiger partial charge < -0.3 is 21.1 Å². The SMILES string of the molecule is Nc1ccn([C@@H]2C=C[C@H](CO)[C@@H](O)[C@@H]2O)c(=O)n1. The molecule has 1 aliphatic carbocycles. The van der Waals surface area contributed by atoms with Gasteiger partial charge >= 0.3 is 5.69 Å². The Kier molecular flexibility index (Phi) is 3.46. The molecule has 18 heavy (non-hydrogen) atoms. The van der Waals surface area contributed by atoms with Crippen molar-refractivity contribution in [1.82, 2.24) is 9.55 Å². The monoisotopic (exact) mass is 253 g/mol. The van der Waals surface area contributed by atoms with E-state index < -0.39 is 29.9 Å². The normalized spacial score (nSPS) is 31.5. The van der Waals surface area contributed by atoms with Crippen molar-refractivity contribution in [3.05, 3.63) is 34.9 Å². The van der Waals surface area contributed by atoms with Crippen LogP contribution in [0.3, 0.4) is 0 Å². The molecule has 0 aromatic carbocycles. The van der Waals surface area contributed by atoms with E-state index in [2.05, 4.69) is 4.98 Å². The Hall–Kier alpha value is -1.70. The first kappa shape index (κ1) is 12.7. The van der Waals surface area contributed by atoms with Crippen LogP contribution < -0.4 is 11.4 Å². The average molecular weight is 253 g/mol. The van der Waals surface area contributed by atoms with Crippen molar-refractivity contribution in [2.24, 2.45) is 5.92 Å². The molecule has 5 N–H and O–H groups in total. The first-order valence-corrected chi connectivity index (χ1v) is 5.54. The fourth-order valence-electron chi connectivity index (χ4n) is 2.02. The van der Waals surface area contributed by atoms with Gasteiger partial charge in [-0.15, -0.1) is 0 Å². The molecule has 0 unspecified atom stereocenters. The zero-order valence-corrected chi connectivity index (χ0v) is 9.55. The van der Waals surface area contributed by atoms with Crippen molar-refractivity contribution < 1.29 is 15.3 Å². The molecule has 7 nitrogen and oxygen atoms in total. The standard InChI is InChI=1S/C11H15N3O4/c12-8-3-4-14(11(18)13-8)7-2-1-6(5-15)9(16)10(7)17/h1-4,6-7,9-10,15-17H,5H2,(H2,12,13,18)/t6-,7-,9-,10-/m1/s1. The molecular weight excluding hydrogens is 238 g/mol. The molecule has 98 valence electrons. The Morgan fingerprint density at radius 1 is 1.33 bits per heavy atom. The maximum absolute atomic E-state index is 11.6. The Morgan fingerprint density at radius 3 is 2.67 bits per heavy atom. The molecule has 0 aliphatic heterocycles. The molecule has 0 bridgehead atoms. The number of aliphatic hydroxyl groups is 3. The third kappa shape index (κ3) is 2.15. The predicted molar refractivity (Wildman–Crippen MR) is 63.7 cm³/mol. The van der Waals surface area contributed by atoms with Crippen LogP contribution in [0.2, 0.25) is 0 Å². The second-order valence-electron chi connectivity index (χ2n) is 4.25. The minimum atomic E-state index is -1.18. The molecule has 1 aromatic rings. The molecule has 4 atom stereocenters. The summed E-state index contributed by atoms with van der Waals surface area (Å²) in [5.74, 6) is -0.437. The van der Waals surface area contributed by atoms with Crippen molar-refractivity contribution in [2.45, 2.75) is 18.2 Å². The number of nitrogens with two attached hydrogens (primary N) is 1. The van der Waals surface area contributed by atoms with Gasteiger partial charge in [0.25, 0.3) is 0 Å². The molecular formula is C11H15N3O4. The summed E-state index contributed by atoms with van der Waals surface area (Å²) in [6.45, 7) is -0.268. The second-order valence-corrected chi connectivity index (χ2v) is 4.25. The zero-order valence-electron chi connectivity index (χ0n) is 9.55. The third-order valence-electron chi connectivity index (χ3n) is 3.08. The number of nitrogen functional groups attached to an aromatic ring is 1. The van der Waals surface area contributed by atoms with Crippen LogP contribution in [0.5, 0.6) is 0 Å². The lowest BCUT2D eigenvalue weighted by Gasteiger charge is -2.33. The topological polar surface area (TPSA) is 122 Å². The van der Waals surface area contributed by atoms with Gasteiger partial charge in [0.05, 0.1) is 18.8 Å². The Labute approximate surface area is 103 Å². The van der Waals surface area contributed by atoms with E-state index in [0.29, 0.717) is 0 Å². The molecule has 1 aromatic heterocycles. The van der Waals surface area contributed by atoms with Crippen molar-refractivity contribution in [3.8, 4) is 0 Å². The molecule has 0 radical (unpaired) electrons. The van der Waals surface area contributed by atoms with E-state index in [1.807, 2.05) is 0 Å². The highest BCUT2D eigenvalue weighted by Gasteiger charge is 2.34. The Morgan fingerprint density at radius 2 is 2.06 bits per heavy atom. The number of rotatable bonds is 2. The molecule has 2 rings (SSSR count). The second kappa shape index (κ2) is 4.89. The lowest BCUT2D eigenvalue weighted by atomic mass is 9.87. The highest BCUT2D eigenvalue weighted by Crippen LogP contribution is 2.25. The van der Waals surface area contributed by atoms with Gasteiger partial charge in [0.15, 0.2) is 0 Å². The van der Waals surface area contributed by atoms with Crippen LogP contribution in [0.1, 0.15) is 6.04 Å². The zero-order chi connectivity index (χ0) is 13.3. The van der Waals surface area contributed by atoms with E-state index in [1.54, 1.807) is 12.2 Å². The van der Waals surface area contributed by atoms with E-state index >= 15 is 0 Å². The van der Waals surface area contributed by atoms with E-state index in [0.717, 1.165) is 0 Å². The molecule has 0 fully saturated rings. The van der Waals surface area contributed by atoms with Crippen LogP contribution >= 0.6 is 0 Å². The number of aliphatic hydroxyl groups excluding tert-OH is 3. The van der Waals surface area contributed by atoms with Crippen LogP contribution in [0.15, 0.2) is 29.2 Å². The summed E-state index contributed by atoms with van der Waals surface area (Å²) in [7, 11) is 0. The molecule has 7 heteroatoms. The van der Waals surface area contributed by atoms with Crippen LogP contribution in [-0.4, -0.2) is 43.7 Å². The fourth-order valence-corrected chi connectivity index (χ4v) is 2.02. The van der Waals surface area contributed by atoms with Gasteiger partial charge in [0.2, 0.25) is 0 Å². The van der Waals surface area contributed by atoms with E-state index in [-0.39, 0.29) is 12.4 Å². The van der Waals surface area contributed by atoms with Gasteiger partial charge in [-0.3, -0.25) is 4.57 Å². The maximum Gasteiger partial charge on any atom is 0.350 e. The maximum atomic E-state index is 11.6. The molecule has 1 heterocycles. The van der Waals surface area contributed by atoms with Crippen LogP contribution in [0.4, 0.5) is 5.82 Å². The molecule has 0 saturated carbocycles. The number of aromatic nitrogens is 2. The van der Waals surface area contributed by atoms with Gasteiger partial charge in [-0.05, 0) is 6.07 Å². The predicted octanol–water partition coefficient (Wildman–Crippen LogP) is -1.73. The molecule has 1 aliphatic rings. The highest BCUT2D eigenvalue weighted by atomic mass is 16.3. The quantitative estimate of drug-likeness (QED) is 0.464. The van der Waals surface area contributed by atoms with Crippen molar-refractivity contribution in [1.29, 1.82) is 0 Å². The van der Waals surface area contributed by atoms with Crippen LogP contribution in [0.25, 0.3) is 0 Å². The van der Waals surface area contributed by atoms with E-state index in [9.17, 15) is 15.0 Å². The van der Waals surface area contributed by atoms with E-state index in [1.165, 1.54) is 16.8 Å². The van der Waals surface area contributed by atoms with Crippen molar-refractivity contribution >= 4 is 5.82 Å². The first-order valence-electron chi connectivity index (χ1n) is 5.54. The van der Waals surface area contributed by atoms with Crippen LogP contribution in [0, 0.1) is 5.92 Å². The largest absolute Gasteiger partial charge is 0.396 e. The third-order valence-corrected chi connectivity index (χ3v) is 3.08. The number of anilines is 1. The van der Waals surface area contributed by atoms with Gasteiger partial charge in [0, 0.05) is 12.1 Å². The van der Waals surface area contributed by atoms with Gasteiger partial charge in [-0.2, -0.15) is 4.98 Å². The van der Waals surface area contributed by atoms with Crippen molar-refractivity contribution in [2.75, 3.05) is 12.3 Å². The summed E-state index contributed by atoms with van der Waals surface area (Å²) in [6.07, 6.45) is 2.24. The number of nitrogens with zero attached hydrogens (tertiary/aromatic N) is 2. The lowest BCUT2D eigenvalue weighted by Crippen LogP contribution is -2.45. The molecule has 0 amide bonds. The van der Waals surface area contributed by atoms with E-state index in [4.69, 9.17) is 10.8 Å². The average Bonchev–Trinajstić information content (AvgIpc) is 2.34. The number of hydrogen-bond donors (Lipinski definition) is 4.